The third kappa shape index (κ3) is 4.89. The van der Waals surface area contributed by atoms with Gasteiger partial charge in [0.15, 0.2) is 17.5 Å². The van der Waals surface area contributed by atoms with Crippen molar-refractivity contribution in [2.24, 2.45) is 0 Å². The third-order valence-corrected chi connectivity index (χ3v) is 12.4. The van der Waals surface area contributed by atoms with Crippen LogP contribution in [0.4, 0.5) is 11.4 Å². The highest BCUT2D eigenvalue weighted by Crippen LogP contribution is 2.62. The minimum Gasteiger partial charge on any atom is -0.333 e. The summed E-state index contributed by atoms with van der Waals surface area (Å²) < 4.78 is 0. The molecule has 0 fully saturated rings. The highest BCUT2D eigenvalue weighted by molar-refractivity contribution is 8.11. The predicted molar refractivity (Wildman–Crippen MR) is 203 cm³/mol. The number of allylic oxidation sites excluding steroid dienone is 2. The molecule has 0 saturated carbocycles. The summed E-state index contributed by atoms with van der Waals surface area (Å²) in [4.78, 5) is 23.0. The molecule has 0 saturated heterocycles. The normalized spacial score (nSPS) is 18.4. The fourth-order valence-corrected chi connectivity index (χ4v) is 10.1. The molecule has 234 valence electrons. The van der Waals surface area contributed by atoms with Crippen LogP contribution >= 0.6 is 23.5 Å². The van der Waals surface area contributed by atoms with Gasteiger partial charge in [0.05, 0.1) is 6.04 Å². The Bertz CT molecular complexity index is 2290. The fourth-order valence-electron chi connectivity index (χ4n) is 7.48. The molecular formula is C43H30N4S2. The predicted octanol–water partition coefficient (Wildman–Crippen LogP) is 11.6. The summed E-state index contributed by atoms with van der Waals surface area (Å²) in [6.45, 7) is 0. The van der Waals surface area contributed by atoms with Crippen molar-refractivity contribution >= 4 is 41.0 Å². The molecule has 4 aliphatic rings. The van der Waals surface area contributed by atoms with Crippen LogP contribution in [0.5, 0.6) is 0 Å². The van der Waals surface area contributed by atoms with Gasteiger partial charge in [-0.2, -0.15) is 0 Å². The molecule has 4 nitrogen and oxygen atoms in total. The summed E-state index contributed by atoms with van der Waals surface area (Å²) in [7, 11) is 0. The molecular weight excluding hydrogens is 637 g/mol. The van der Waals surface area contributed by atoms with Crippen molar-refractivity contribution in [3.8, 4) is 34.2 Å². The number of hydrogen-bond acceptors (Lipinski definition) is 6. The quantitative estimate of drug-likeness (QED) is 0.187. The van der Waals surface area contributed by atoms with Crippen LogP contribution < -0.4 is 4.90 Å². The first-order chi connectivity index (χ1) is 24.3. The molecule has 2 aliphatic heterocycles. The van der Waals surface area contributed by atoms with E-state index < -0.39 is 0 Å². The van der Waals surface area contributed by atoms with Crippen molar-refractivity contribution < 1.29 is 0 Å². The van der Waals surface area contributed by atoms with Crippen LogP contribution in [0, 0.1) is 0 Å². The van der Waals surface area contributed by atoms with Gasteiger partial charge < -0.3 is 4.90 Å². The van der Waals surface area contributed by atoms with E-state index in [1.54, 1.807) is 0 Å². The number of nitrogens with zero attached hydrogens (tertiary/aromatic N) is 4. The topological polar surface area (TPSA) is 41.9 Å². The summed E-state index contributed by atoms with van der Waals surface area (Å²) in [5.41, 5.74) is 9.45. The molecule has 0 N–H and O–H groups in total. The molecule has 0 bridgehead atoms. The molecule has 0 spiro atoms. The van der Waals surface area contributed by atoms with Crippen LogP contribution in [0.15, 0.2) is 159 Å². The van der Waals surface area contributed by atoms with Crippen LogP contribution in [0.1, 0.15) is 41.5 Å². The second-order valence-electron chi connectivity index (χ2n) is 12.7. The maximum absolute atomic E-state index is 4.98. The molecule has 1 aromatic heterocycles. The van der Waals surface area contributed by atoms with E-state index in [9.17, 15) is 0 Å². The van der Waals surface area contributed by atoms with E-state index in [0.29, 0.717) is 17.5 Å². The summed E-state index contributed by atoms with van der Waals surface area (Å²) in [6, 6.07) is 42.8. The Labute approximate surface area is 294 Å². The van der Waals surface area contributed by atoms with Crippen molar-refractivity contribution in [2.75, 3.05) is 4.90 Å². The van der Waals surface area contributed by atoms with Gasteiger partial charge >= 0.3 is 0 Å². The Morgan fingerprint density at radius 3 is 1.84 bits per heavy atom. The largest absolute Gasteiger partial charge is 0.333 e. The Balaban J connectivity index is 1.09. The van der Waals surface area contributed by atoms with E-state index in [4.69, 9.17) is 15.0 Å². The average molecular weight is 667 g/mol. The number of fused-ring (bicyclic) bond motifs is 8. The molecule has 0 radical (unpaired) electrons. The fraction of sp³-hybridized carbons (Fsp3) is 0.0930. The molecule has 49 heavy (non-hydrogen) atoms. The molecule has 6 heteroatoms. The number of thioether (sulfide) groups is 2. The second-order valence-corrected chi connectivity index (χ2v) is 14.8. The molecule has 6 aromatic rings. The van der Waals surface area contributed by atoms with Crippen LogP contribution in [-0.4, -0.2) is 15.0 Å². The highest BCUT2D eigenvalue weighted by atomic mass is 32.2. The molecule has 10 rings (SSSR count). The SMILES string of the molecule is C1=CC2c3c(ccc4c3SC3=CCCC=C3S4)N(c3ccc(-c4nc(-c5ccccc5)nc(-c5ccccc5)n4)cc3)C2c2ccccc21. The van der Waals surface area contributed by atoms with Crippen LogP contribution in [0.3, 0.4) is 0 Å². The van der Waals surface area contributed by atoms with Crippen LogP contribution in [0.2, 0.25) is 0 Å². The number of benzene rings is 5. The van der Waals surface area contributed by atoms with Crippen molar-refractivity contribution in [3.05, 3.63) is 166 Å². The Morgan fingerprint density at radius 1 is 0.571 bits per heavy atom. The van der Waals surface area contributed by atoms with Gasteiger partial charge in [-0.15, -0.1) is 0 Å². The average Bonchev–Trinajstić information content (AvgIpc) is 3.53. The Hall–Kier alpha value is -5.17. The van der Waals surface area contributed by atoms with Gasteiger partial charge in [-0.1, -0.05) is 133 Å². The Morgan fingerprint density at radius 2 is 1.16 bits per heavy atom. The highest BCUT2D eigenvalue weighted by Gasteiger charge is 2.44. The molecule has 0 amide bonds. The van der Waals surface area contributed by atoms with Crippen LogP contribution in [0.25, 0.3) is 40.2 Å². The van der Waals surface area contributed by atoms with Gasteiger partial charge in [0.25, 0.3) is 0 Å². The molecule has 3 heterocycles. The van der Waals surface area contributed by atoms with E-state index in [1.807, 2.05) is 84.2 Å². The number of anilines is 2. The lowest BCUT2D eigenvalue weighted by molar-refractivity contribution is 0.661. The number of hydrogen-bond donors (Lipinski definition) is 0. The van der Waals surface area contributed by atoms with Gasteiger partial charge in [-0.05, 0) is 60.4 Å². The van der Waals surface area contributed by atoms with Crippen molar-refractivity contribution in [1.29, 1.82) is 0 Å². The second kappa shape index (κ2) is 11.8. The summed E-state index contributed by atoms with van der Waals surface area (Å²) >= 11 is 3.91. The zero-order valence-electron chi connectivity index (χ0n) is 26.5. The zero-order valence-corrected chi connectivity index (χ0v) is 28.2. The minimum atomic E-state index is 0.169. The van der Waals surface area contributed by atoms with Crippen molar-refractivity contribution in [2.45, 2.75) is 34.6 Å². The minimum absolute atomic E-state index is 0.169. The van der Waals surface area contributed by atoms with Gasteiger partial charge in [-0.25, -0.2) is 15.0 Å². The first kappa shape index (κ1) is 28.8. The lowest BCUT2D eigenvalue weighted by Crippen LogP contribution is -2.23. The Kier molecular flexibility index (Phi) is 6.91. The monoisotopic (exact) mass is 666 g/mol. The van der Waals surface area contributed by atoms with E-state index >= 15 is 0 Å². The molecule has 5 aromatic carbocycles. The van der Waals surface area contributed by atoms with Crippen molar-refractivity contribution in [3.63, 3.8) is 0 Å². The van der Waals surface area contributed by atoms with E-state index in [0.717, 1.165) is 35.2 Å². The molecule has 2 unspecified atom stereocenters. The van der Waals surface area contributed by atoms with Crippen LogP contribution in [-0.2, 0) is 0 Å². The molecule has 2 atom stereocenters. The standard InChI is InChI=1S/C43H30N4S2/c1-3-12-28(13-4-1)41-44-42(29-14-5-2-6-15-29)46-43(45-41)30-19-22-31(23-20-30)47-34-25-26-37-40(49-36-18-10-9-17-35(36)48-37)38(34)33-24-21-27-11-7-8-16-32(27)39(33)47/h1-8,11-26,33,39H,9-10H2. The smallest absolute Gasteiger partial charge is 0.164 e. The first-order valence-electron chi connectivity index (χ1n) is 16.8. The zero-order chi connectivity index (χ0) is 32.3. The summed E-state index contributed by atoms with van der Waals surface area (Å²) in [6.07, 6.45) is 11.9. The molecule has 2 aliphatic carbocycles. The van der Waals surface area contributed by atoms with Crippen molar-refractivity contribution in [1.82, 2.24) is 15.0 Å². The van der Waals surface area contributed by atoms with E-state index in [1.165, 1.54) is 42.0 Å². The lowest BCUT2D eigenvalue weighted by atomic mass is 9.83. The summed E-state index contributed by atoms with van der Waals surface area (Å²) in [5, 5.41) is 0. The van der Waals surface area contributed by atoms with E-state index in [2.05, 4.69) is 89.9 Å². The van der Waals surface area contributed by atoms with Gasteiger partial charge in [-0.3, -0.25) is 0 Å². The van der Waals surface area contributed by atoms with Gasteiger partial charge in [0.1, 0.15) is 0 Å². The number of rotatable bonds is 4. The van der Waals surface area contributed by atoms with Gasteiger partial charge in [0.2, 0.25) is 0 Å². The number of aromatic nitrogens is 3. The first-order valence-corrected chi connectivity index (χ1v) is 18.4. The summed E-state index contributed by atoms with van der Waals surface area (Å²) in [5.74, 6) is 2.26. The third-order valence-electron chi connectivity index (χ3n) is 9.75. The maximum Gasteiger partial charge on any atom is 0.164 e. The van der Waals surface area contributed by atoms with E-state index in [-0.39, 0.29) is 12.0 Å². The maximum atomic E-state index is 4.98. The lowest BCUT2D eigenvalue weighted by Gasteiger charge is -2.33. The van der Waals surface area contributed by atoms with Gasteiger partial charge in [0, 0.05) is 59.1 Å².